The van der Waals surface area contributed by atoms with Crippen molar-refractivity contribution < 1.29 is 0 Å². The van der Waals surface area contributed by atoms with E-state index in [1.807, 2.05) is 30.0 Å². The molecule has 0 fully saturated rings. The number of aromatic nitrogens is 1. The van der Waals surface area contributed by atoms with E-state index in [2.05, 4.69) is 28.8 Å². The van der Waals surface area contributed by atoms with E-state index in [4.69, 9.17) is 0 Å². The molecule has 2 N–H and O–H groups in total. The number of rotatable bonds is 9. The van der Waals surface area contributed by atoms with Gasteiger partial charge in [-0.2, -0.15) is 11.8 Å². The topological polar surface area (TPSA) is 37.0 Å². The molecule has 0 aromatic carbocycles. The number of anilines is 2. The zero-order chi connectivity index (χ0) is 12.3. The minimum atomic E-state index is 0.959. The molecule has 0 spiro atoms. The molecule has 3 nitrogen and oxygen atoms in total. The van der Waals surface area contributed by atoms with E-state index < -0.39 is 0 Å². The number of thioether (sulfide) groups is 1. The van der Waals surface area contributed by atoms with E-state index in [0.29, 0.717) is 0 Å². The maximum atomic E-state index is 4.50. The summed E-state index contributed by atoms with van der Waals surface area (Å²) >= 11 is 1.91. The highest BCUT2D eigenvalue weighted by Crippen LogP contribution is 2.09. The largest absolute Gasteiger partial charge is 0.370 e. The second kappa shape index (κ2) is 9.16. The van der Waals surface area contributed by atoms with Crippen molar-refractivity contribution in [1.82, 2.24) is 4.98 Å². The Bertz CT molecular complexity index is 304. The average molecular weight is 253 g/mol. The van der Waals surface area contributed by atoms with Crippen LogP contribution in [0.3, 0.4) is 0 Å². The first-order chi connectivity index (χ1) is 8.36. The lowest BCUT2D eigenvalue weighted by Gasteiger charge is -2.08. The number of pyridine rings is 1. The molecule has 4 heteroatoms. The fourth-order valence-electron chi connectivity index (χ4n) is 1.47. The lowest BCUT2D eigenvalue weighted by Crippen LogP contribution is -2.06. The van der Waals surface area contributed by atoms with Crippen molar-refractivity contribution in [3.8, 4) is 0 Å². The first-order valence-corrected chi connectivity index (χ1v) is 7.70. The number of hydrogen-bond donors (Lipinski definition) is 2. The molecule has 1 rings (SSSR count). The summed E-state index contributed by atoms with van der Waals surface area (Å²) in [6.45, 7) is 4.13. The molecular formula is C13H23N3S. The molecule has 0 saturated carbocycles. The summed E-state index contributed by atoms with van der Waals surface area (Å²) in [5, 5.41) is 6.65. The van der Waals surface area contributed by atoms with Gasteiger partial charge in [0.25, 0.3) is 0 Å². The van der Waals surface area contributed by atoms with Crippen LogP contribution < -0.4 is 10.6 Å². The molecular weight excluding hydrogens is 230 g/mol. The summed E-state index contributed by atoms with van der Waals surface area (Å²) < 4.78 is 0. The van der Waals surface area contributed by atoms with E-state index in [9.17, 15) is 0 Å². The first-order valence-electron chi connectivity index (χ1n) is 6.30. The number of nitrogens with one attached hydrogen (secondary N) is 2. The third kappa shape index (κ3) is 6.41. The van der Waals surface area contributed by atoms with Gasteiger partial charge in [0.1, 0.15) is 11.6 Å². The molecule has 0 aliphatic carbocycles. The Balaban J connectivity index is 2.27. The van der Waals surface area contributed by atoms with Crippen LogP contribution in [0.25, 0.3) is 0 Å². The van der Waals surface area contributed by atoms with Gasteiger partial charge in [-0.3, -0.25) is 0 Å². The zero-order valence-electron chi connectivity index (χ0n) is 10.8. The smallest absolute Gasteiger partial charge is 0.128 e. The van der Waals surface area contributed by atoms with Crippen LogP contribution in [0.5, 0.6) is 0 Å². The highest BCUT2D eigenvalue weighted by atomic mass is 32.2. The van der Waals surface area contributed by atoms with E-state index in [0.717, 1.165) is 31.1 Å². The Morgan fingerprint density at radius 2 is 1.82 bits per heavy atom. The van der Waals surface area contributed by atoms with Crippen molar-refractivity contribution in [2.24, 2.45) is 0 Å². The van der Waals surface area contributed by atoms with E-state index in [1.165, 1.54) is 18.6 Å². The third-order valence-electron chi connectivity index (χ3n) is 2.39. The van der Waals surface area contributed by atoms with Crippen LogP contribution in [-0.4, -0.2) is 30.1 Å². The standard InChI is InChI=1S/C13H23N3S/c1-3-9-14-12-7-6-8-13(16-12)15-10-4-5-11-17-2/h6-8H,3-5,9-11H2,1-2H3,(H2,14,15,16). The Hall–Kier alpha value is -0.900. The van der Waals surface area contributed by atoms with Crippen LogP contribution in [0.15, 0.2) is 18.2 Å². The molecule has 0 bridgehead atoms. The molecule has 0 unspecified atom stereocenters. The molecule has 17 heavy (non-hydrogen) atoms. The van der Waals surface area contributed by atoms with Crippen molar-refractivity contribution in [1.29, 1.82) is 0 Å². The summed E-state index contributed by atoms with van der Waals surface area (Å²) in [5.74, 6) is 3.17. The fourth-order valence-corrected chi connectivity index (χ4v) is 1.97. The second-order valence-electron chi connectivity index (χ2n) is 3.96. The molecule has 0 aliphatic heterocycles. The van der Waals surface area contributed by atoms with Crippen LogP contribution in [0.1, 0.15) is 26.2 Å². The summed E-state index contributed by atoms with van der Waals surface area (Å²) in [7, 11) is 0. The van der Waals surface area contributed by atoms with Crippen molar-refractivity contribution in [3.63, 3.8) is 0 Å². The third-order valence-corrected chi connectivity index (χ3v) is 3.08. The van der Waals surface area contributed by atoms with Crippen LogP contribution in [0, 0.1) is 0 Å². The minimum Gasteiger partial charge on any atom is -0.370 e. The lowest BCUT2D eigenvalue weighted by molar-refractivity contribution is 0.839. The van der Waals surface area contributed by atoms with Crippen LogP contribution in [-0.2, 0) is 0 Å². The van der Waals surface area contributed by atoms with Gasteiger partial charge in [0.2, 0.25) is 0 Å². The molecule has 96 valence electrons. The van der Waals surface area contributed by atoms with Gasteiger partial charge in [-0.1, -0.05) is 13.0 Å². The van der Waals surface area contributed by atoms with Gasteiger partial charge in [-0.15, -0.1) is 0 Å². The van der Waals surface area contributed by atoms with E-state index in [1.54, 1.807) is 0 Å². The Kier molecular flexibility index (Phi) is 7.63. The summed E-state index contributed by atoms with van der Waals surface area (Å²) in [4.78, 5) is 4.50. The van der Waals surface area contributed by atoms with Crippen molar-refractivity contribution in [2.75, 3.05) is 35.7 Å². The van der Waals surface area contributed by atoms with Crippen LogP contribution >= 0.6 is 11.8 Å². The maximum Gasteiger partial charge on any atom is 0.128 e. The fraction of sp³-hybridized carbons (Fsp3) is 0.615. The number of unbranched alkanes of at least 4 members (excludes halogenated alkanes) is 1. The summed E-state index contributed by atoms with van der Waals surface area (Å²) in [6, 6.07) is 6.06. The molecule has 0 saturated heterocycles. The van der Waals surface area contributed by atoms with Gasteiger partial charge in [-0.05, 0) is 43.4 Å². The first kappa shape index (κ1) is 14.2. The van der Waals surface area contributed by atoms with Gasteiger partial charge < -0.3 is 10.6 Å². The van der Waals surface area contributed by atoms with Gasteiger partial charge in [0, 0.05) is 13.1 Å². The SMILES string of the molecule is CCCNc1cccc(NCCCCSC)n1. The van der Waals surface area contributed by atoms with Gasteiger partial charge in [0.15, 0.2) is 0 Å². The highest BCUT2D eigenvalue weighted by Gasteiger charge is 1.96. The Morgan fingerprint density at radius 1 is 1.12 bits per heavy atom. The molecule has 1 heterocycles. The van der Waals surface area contributed by atoms with E-state index >= 15 is 0 Å². The lowest BCUT2D eigenvalue weighted by atomic mass is 10.3. The zero-order valence-corrected chi connectivity index (χ0v) is 11.6. The Morgan fingerprint density at radius 3 is 2.47 bits per heavy atom. The monoisotopic (exact) mass is 253 g/mol. The van der Waals surface area contributed by atoms with E-state index in [-0.39, 0.29) is 0 Å². The van der Waals surface area contributed by atoms with Gasteiger partial charge in [0.05, 0.1) is 0 Å². The van der Waals surface area contributed by atoms with Crippen LogP contribution in [0.2, 0.25) is 0 Å². The van der Waals surface area contributed by atoms with Crippen molar-refractivity contribution in [2.45, 2.75) is 26.2 Å². The predicted octanol–water partition coefficient (Wildman–Crippen LogP) is 3.46. The highest BCUT2D eigenvalue weighted by molar-refractivity contribution is 7.98. The molecule has 0 atom stereocenters. The Labute approximate surface area is 109 Å². The molecule has 0 amide bonds. The average Bonchev–Trinajstić information content (AvgIpc) is 2.37. The molecule has 1 aromatic rings. The predicted molar refractivity (Wildman–Crippen MR) is 79.1 cm³/mol. The quantitative estimate of drug-likeness (QED) is 0.661. The molecule has 0 aliphatic rings. The number of nitrogens with zero attached hydrogens (tertiary/aromatic N) is 1. The van der Waals surface area contributed by atoms with Crippen molar-refractivity contribution >= 4 is 23.4 Å². The maximum absolute atomic E-state index is 4.50. The minimum absolute atomic E-state index is 0.959. The second-order valence-corrected chi connectivity index (χ2v) is 4.95. The normalized spacial score (nSPS) is 10.2. The number of hydrogen-bond acceptors (Lipinski definition) is 4. The van der Waals surface area contributed by atoms with Crippen LogP contribution in [0.4, 0.5) is 11.6 Å². The van der Waals surface area contributed by atoms with Gasteiger partial charge >= 0.3 is 0 Å². The van der Waals surface area contributed by atoms with Gasteiger partial charge in [-0.25, -0.2) is 4.98 Å². The summed E-state index contributed by atoms with van der Waals surface area (Å²) in [5.41, 5.74) is 0. The summed E-state index contributed by atoms with van der Waals surface area (Å²) in [6.07, 6.45) is 5.74. The van der Waals surface area contributed by atoms with Crippen molar-refractivity contribution in [3.05, 3.63) is 18.2 Å². The molecule has 1 aromatic heterocycles. The molecule has 0 radical (unpaired) electrons.